The third kappa shape index (κ3) is 2.88. The van der Waals surface area contributed by atoms with Crippen molar-refractivity contribution in [2.75, 3.05) is 14.2 Å². The predicted octanol–water partition coefficient (Wildman–Crippen LogP) is 3.09. The van der Waals surface area contributed by atoms with Gasteiger partial charge in [0.05, 0.1) is 14.2 Å². The van der Waals surface area contributed by atoms with Gasteiger partial charge in [0.1, 0.15) is 17.6 Å². The molecule has 0 amide bonds. The summed E-state index contributed by atoms with van der Waals surface area (Å²) in [5.74, 6) is 1.53. The fourth-order valence-corrected chi connectivity index (χ4v) is 2.07. The molecule has 0 spiro atoms. The van der Waals surface area contributed by atoms with Crippen molar-refractivity contribution in [3.63, 3.8) is 0 Å². The summed E-state index contributed by atoms with van der Waals surface area (Å²) in [4.78, 5) is 0. The summed E-state index contributed by atoms with van der Waals surface area (Å²) in [5.41, 5.74) is 2.68. The summed E-state index contributed by atoms with van der Waals surface area (Å²) in [6.45, 7) is 1.96. The number of hydrogen-bond donors (Lipinski definition) is 1. The van der Waals surface area contributed by atoms with Crippen LogP contribution in [0.1, 0.15) is 22.8 Å². The van der Waals surface area contributed by atoms with E-state index in [1.165, 1.54) is 0 Å². The van der Waals surface area contributed by atoms with Gasteiger partial charge in [0.15, 0.2) is 0 Å². The highest BCUT2D eigenvalue weighted by atomic mass is 16.5. The number of aryl methyl sites for hydroxylation is 1. The lowest BCUT2D eigenvalue weighted by Gasteiger charge is -2.15. The van der Waals surface area contributed by atoms with Crippen LogP contribution >= 0.6 is 0 Å². The number of benzene rings is 2. The average molecular weight is 258 g/mol. The van der Waals surface area contributed by atoms with E-state index in [2.05, 4.69) is 0 Å². The molecule has 0 heterocycles. The zero-order valence-electron chi connectivity index (χ0n) is 11.4. The molecule has 0 aliphatic rings. The van der Waals surface area contributed by atoms with Gasteiger partial charge in [-0.1, -0.05) is 18.2 Å². The Hall–Kier alpha value is -2.00. The number of hydrogen-bond acceptors (Lipinski definition) is 3. The van der Waals surface area contributed by atoms with Gasteiger partial charge in [-0.25, -0.2) is 0 Å². The molecule has 3 nitrogen and oxygen atoms in total. The van der Waals surface area contributed by atoms with Crippen molar-refractivity contribution in [3.05, 3.63) is 59.2 Å². The van der Waals surface area contributed by atoms with Gasteiger partial charge in [-0.05, 0) is 47.9 Å². The van der Waals surface area contributed by atoms with Crippen LogP contribution in [0, 0.1) is 6.92 Å². The normalized spacial score (nSPS) is 12.0. The molecule has 2 rings (SSSR count). The average Bonchev–Trinajstić information content (AvgIpc) is 2.46. The van der Waals surface area contributed by atoms with Crippen LogP contribution in [0.15, 0.2) is 42.5 Å². The van der Waals surface area contributed by atoms with E-state index in [1.807, 2.05) is 49.4 Å². The second kappa shape index (κ2) is 5.76. The number of ether oxygens (including phenoxy) is 2. The van der Waals surface area contributed by atoms with Gasteiger partial charge < -0.3 is 14.6 Å². The van der Waals surface area contributed by atoms with E-state index in [9.17, 15) is 5.11 Å². The molecule has 1 unspecified atom stereocenters. The maximum atomic E-state index is 10.5. The van der Waals surface area contributed by atoms with Crippen molar-refractivity contribution < 1.29 is 14.6 Å². The molecule has 2 aromatic carbocycles. The molecule has 0 aliphatic carbocycles. The van der Waals surface area contributed by atoms with Crippen LogP contribution < -0.4 is 9.47 Å². The first-order valence-electron chi connectivity index (χ1n) is 6.12. The summed E-state index contributed by atoms with van der Waals surface area (Å²) in [5, 5.41) is 10.5. The third-order valence-electron chi connectivity index (χ3n) is 3.18. The third-order valence-corrected chi connectivity index (χ3v) is 3.18. The van der Waals surface area contributed by atoms with E-state index >= 15 is 0 Å². The van der Waals surface area contributed by atoms with Crippen LogP contribution in [0.4, 0.5) is 0 Å². The summed E-state index contributed by atoms with van der Waals surface area (Å²) in [7, 11) is 3.25. The Morgan fingerprint density at radius 2 is 1.63 bits per heavy atom. The van der Waals surface area contributed by atoms with Gasteiger partial charge in [-0.15, -0.1) is 0 Å². The Labute approximate surface area is 113 Å². The lowest BCUT2D eigenvalue weighted by molar-refractivity contribution is 0.219. The molecule has 0 aromatic heterocycles. The second-order valence-electron chi connectivity index (χ2n) is 4.40. The van der Waals surface area contributed by atoms with Crippen molar-refractivity contribution in [2.24, 2.45) is 0 Å². The molecule has 2 aromatic rings. The van der Waals surface area contributed by atoms with E-state index in [0.717, 1.165) is 28.2 Å². The maximum absolute atomic E-state index is 10.5. The first kappa shape index (κ1) is 13.4. The summed E-state index contributed by atoms with van der Waals surface area (Å²) < 4.78 is 10.3. The van der Waals surface area contributed by atoms with Gasteiger partial charge in [-0.3, -0.25) is 0 Å². The van der Waals surface area contributed by atoms with Crippen molar-refractivity contribution in [2.45, 2.75) is 13.0 Å². The zero-order chi connectivity index (χ0) is 13.8. The summed E-state index contributed by atoms with van der Waals surface area (Å²) in [6, 6.07) is 13.1. The Bertz CT molecular complexity index is 564. The van der Waals surface area contributed by atoms with Crippen LogP contribution in [0.25, 0.3) is 0 Å². The molecule has 3 heteroatoms. The van der Waals surface area contributed by atoms with Crippen molar-refractivity contribution in [3.8, 4) is 11.5 Å². The predicted molar refractivity (Wildman–Crippen MR) is 74.8 cm³/mol. The maximum Gasteiger partial charge on any atom is 0.119 e. The number of rotatable bonds is 4. The minimum Gasteiger partial charge on any atom is -0.497 e. The van der Waals surface area contributed by atoms with Crippen molar-refractivity contribution >= 4 is 0 Å². The van der Waals surface area contributed by atoms with Gasteiger partial charge in [-0.2, -0.15) is 0 Å². The molecule has 0 bridgehead atoms. The first-order valence-corrected chi connectivity index (χ1v) is 6.12. The summed E-state index contributed by atoms with van der Waals surface area (Å²) in [6.07, 6.45) is -0.666. The minimum atomic E-state index is -0.666. The number of aliphatic hydroxyl groups is 1. The molecular formula is C16H18O3. The van der Waals surface area contributed by atoms with E-state index in [1.54, 1.807) is 14.2 Å². The zero-order valence-corrected chi connectivity index (χ0v) is 11.4. The van der Waals surface area contributed by atoms with Gasteiger partial charge >= 0.3 is 0 Å². The van der Waals surface area contributed by atoms with Gasteiger partial charge in [0, 0.05) is 0 Å². The van der Waals surface area contributed by atoms with Crippen LogP contribution in [-0.4, -0.2) is 19.3 Å². The minimum absolute atomic E-state index is 0.666. The van der Waals surface area contributed by atoms with E-state index in [4.69, 9.17) is 9.47 Å². The highest BCUT2D eigenvalue weighted by Gasteiger charge is 2.14. The molecular weight excluding hydrogens is 240 g/mol. The highest BCUT2D eigenvalue weighted by molar-refractivity contribution is 5.41. The quantitative estimate of drug-likeness (QED) is 0.915. The molecule has 1 N–H and O–H groups in total. The smallest absolute Gasteiger partial charge is 0.119 e. The second-order valence-corrected chi connectivity index (χ2v) is 4.40. The molecule has 100 valence electrons. The Morgan fingerprint density at radius 3 is 2.26 bits per heavy atom. The molecule has 0 aliphatic heterocycles. The molecule has 1 atom stereocenters. The fourth-order valence-electron chi connectivity index (χ4n) is 2.07. The number of aliphatic hydroxyl groups excluding tert-OH is 1. The van der Waals surface area contributed by atoms with Crippen LogP contribution in [-0.2, 0) is 0 Å². The van der Waals surface area contributed by atoms with Crippen LogP contribution in [0.2, 0.25) is 0 Å². The van der Waals surface area contributed by atoms with Crippen molar-refractivity contribution in [1.29, 1.82) is 0 Å². The van der Waals surface area contributed by atoms with Crippen LogP contribution in [0.5, 0.6) is 11.5 Å². The van der Waals surface area contributed by atoms with Crippen LogP contribution in [0.3, 0.4) is 0 Å². The first-order chi connectivity index (χ1) is 9.15. The largest absolute Gasteiger partial charge is 0.497 e. The highest BCUT2D eigenvalue weighted by Crippen LogP contribution is 2.29. The molecule has 0 saturated heterocycles. The van der Waals surface area contributed by atoms with E-state index in [0.29, 0.717) is 0 Å². The summed E-state index contributed by atoms with van der Waals surface area (Å²) >= 11 is 0. The van der Waals surface area contributed by atoms with Gasteiger partial charge in [0.2, 0.25) is 0 Å². The lowest BCUT2D eigenvalue weighted by atomic mass is 9.97. The van der Waals surface area contributed by atoms with Crippen molar-refractivity contribution in [1.82, 2.24) is 0 Å². The van der Waals surface area contributed by atoms with E-state index < -0.39 is 6.10 Å². The topological polar surface area (TPSA) is 38.7 Å². The number of methoxy groups -OCH3 is 2. The molecule has 0 saturated carbocycles. The molecule has 0 radical (unpaired) electrons. The Kier molecular flexibility index (Phi) is 4.07. The Morgan fingerprint density at radius 1 is 0.947 bits per heavy atom. The standard InChI is InChI=1S/C16H18O3/c1-11-9-14(19-3)7-8-15(11)16(17)12-5-4-6-13(10-12)18-2/h4-10,16-17H,1-3H3. The van der Waals surface area contributed by atoms with Gasteiger partial charge in [0.25, 0.3) is 0 Å². The molecule has 19 heavy (non-hydrogen) atoms. The molecule has 0 fully saturated rings. The lowest BCUT2D eigenvalue weighted by Crippen LogP contribution is -2.02. The fraction of sp³-hybridized carbons (Fsp3) is 0.250. The van der Waals surface area contributed by atoms with E-state index in [-0.39, 0.29) is 0 Å². The monoisotopic (exact) mass is 258 g/mol. The SMILES string of the molecule is COc1cccc(C(O)c2ccc(OC)cc2C)c1. The Balaban J connectivity index is 2.35.